The van der Waals surface area contributed by atoms with E-state index in [-0.39, 0.29) is 0 Å². The maximum atomic E-state index is 5.70. The van der Waals surface area contributed by atoms with Crippen LogP contribution in [0.5, 0.6) is 11.5 Å². The average Bonchev–Trinajstić information content (AvgIpc) is 2.58. The standard InChI is InChI=1S/C18H30N2O2/c1-3-14-22-17-8-7-16(15-18(17)21-2)6-4-5-11-20-12-9-19-10-13-20/h7-8,15,19H,3-6,9-14H2,1-2H3. The van der Waals surface area contributed by atoms with Crippen LogP contribution in [-0.4, -0.2) is 51.3 Å². The molecule has 2 rings (SSSR count). The largest absolute Gasteiger partial charge is 0.493 e. The molecule has 1 N–H and O–H groups in total. The lowest BCUT2D eigenvalue weighted by atomic mass is 10.1. The smallest absolute Gasteiger partial charge is 0.161 e. The average molecular weight is 306 g/mol. The maximum Gasteiger partial charge on any atom is 0.161 e. The molecule has 0 aromatic heterocycles. The highest BCUT2D eigenvalue weighted by atomic mass is 16.5. The Morgan fingerprint density at radius 3 is 2.68 bits per heavy atom. The van der Waals surface area contributed by atoms with Crippen LogP contribution in [0.4, 0.5) is 0 Å². The number of unbranched alkanes of at least 4 members (excludes halogenated alkanes) is 1. The van der Waals surface area contributed by atoms with Crippen molar-refractivity contribution in [3.63, 3.8) is 0 Å². The third-order valence-corrected chi connectivity index (χ3v) is 4.09. The van der Waals surface area contributed by atoms with E-state index in [0.29, 0.717) is 0 Å². The van der Waals surface area contributed by atoms with E-state index < -0.39 is 0 Å². The van der Waals surface area contributed by atoms with Crippen LogP contribution in [-0.2, 0) is 6.42 Å². The van der Waals surface area contributed by atoms with Crippen molar-refractivity contribution in [1.82, 2.24) is 10.2 Å². The topological polar surface area (TPSA) is 33.7 Å². The highest BCUT2D eigenvalue weighted by molar-refractivity contribution is 5.43. The van der Waals surface area contributed by atoms with E-state index in [1.807, 2.05) is 6.07 Å². The molecule has 1 saturated heterocycles. The van der Waals surface area contributed by atoms with Crippen LogP contribution < -0.4 is 14.8 Å². The van der Waals surface area contributed by atoms with E-state index in [4.69, 9.17) is 9.47 Å². The monoisotopic (exact) mass is 306 g/mol. The van der Waals surface area contributed by atoms with Crippen LogP contribution in [0.2, 0.25) is 0 Å². The SMILES string of the molecule is CCCOc1ccc(CCCCN2CCNCC2)cc1OC. The van der Waals surface area contributed by atoms with Crippen molar-refractivity contribution in [1.29, 1.82) is 0 Å². The van der Waals surface area contributed by atoms with Gasteiger partial charge in [-0.3, -0.25) is 0 Å². The fourth-order valence-electron chi connectivity index (χ4n) is 2.80. The highest BCUT2D eigenvalue weighted by Crippen LogP contribution is 2.28. The van der Waals surface area contributed by atoms with Crippen molar-refractivity contribution in [3.8, 4) is 11.5 Å². The molecule has 1 aromatic rings. The first kappa shape index (κ1) is 17.1. The Hall–Kier alpha value is -1.26. The van der Waals surface area contributed by atoms with Gasteiger partial charge in [-0.2, -0.15) is 0 Å². The minimum atomic E-state index is 0.737. The van der Waals surface area contributed by atoms with Crippen LogP contribution in [0.3, 0.4) is 0 Å². The van der Waals surface area contributed by atoms with E-state index in [0.717, 1.165) is 44.0 Å². The molecule has 0 aliphatic carbocycles. The molecule has 22 heavy (non-hydrogen) atoms. The summed E-state index contributed by atoms with van der Waals surface area (Å²) in [5.74, 6) is 1.71. The first-order chi connectivity index (χ1) is 10.8. The molecule has 1 fully saturated rings. The zero-order chi connectivity index (χ0) is 15.6. The van der Waals surface area contributed by atoms with E-state index in [9.17, 15) is 0 Å². The van der Waals surface area contributed by atoms with Gasteiger partial charge in [-0.25, -0.2) is 0 Å². The van der Waals surface area contributed by atoms with Gasteiger partial charge >= 0.3 is 0 Å². The molecule has 0 radical (unpaired) electrons. The molecule has 124 valence electrons. The zero-order valence-corrected chi connectivity index (χ0v) is 14.1. The molecule has 0 atom stereocenters. The molecule has 0 amide bonds. The third-order valence-electron chi connectivity index (χ3n) is 4.09. The number of aryl methyl sites for hydroxylation is 1. The van der Waals surface area contributed by atoms with Crippen LogP contribution in [0.25, 0.3) is 0 Å². The Kier molecular flexibility index (Phi) is 7.54. The second-order valence-corrected chi connectivity index (χ2v) is 5.88. The number of nitrogens with one attached hydrogen (secondary N) is 1. The van der Waals surface area contributed by atoms with Crippen molar-refractivity contribution in [2.75, 3.05) is 46.4 Å². The maximum absolute atomic E-state index is 5.70. The number of rotatable bonds is 9. The number of ether oxygens (including phenoxy) is 2. The summed E-state index contributed by atoms with van der Waals surface area (Å²) < 4.78 is 11.1. The molecule has 1 aromatic carbocycles. The van der Waals surface area contributed by atoms with Gasteiger partial charge in [0.2, 0.25) is 0 Å². The molecular weight excluding hydrogens is 276 g/mol. The van der Waals surface area contributed by atoms with Gasteiger partial charge in [0.1, 0.15) is 0 Å². The zero-order valence-electron chi connectivity index (χ0n) is 14.1. The summed E-state index contributed by atoms with van der Waals surface area (Å²) in [5, 5.41) is 3.40. The summed E-state index contributed by atoms with van der Waals surface area (Å²) in [7, 11) is 1.71. The van der Waals surface area contributed by atoms with Crippen LogP contribution in [0.1, 0.15) is 31.7 Å². The van der Waals surface area contributed by atoms with E-state index >= 15 is 0 Å². The normalized spacial score (nSPS) is 15.7. The lowest BCUT2D eigenvalue weighted by molar-refractivity contribution is 0.237. The summed E-state index contributed by atoms with van der Waals surface area (Å²) in [6.07, 6.45) is 4.60. The van der Waals surface area contributed by atoms with E-state index in [1.165, 1.54) is 38.0 Å². The van der Waals surface area contributed by atoms with Gasteiger partial charge in [-0.1, -0.05) is 13.0 Å². The molecule has 1 aliphatic rings. The number of hydrogen-bond donors (Lipinski definition) is 1. The first-order valence-electron chi connectivity index (χ1n) is 8.56. The quantitative estimate of drug-likeness (QED) is 0.711. The fraction of sp³-hybridized carbons (Fsp3) is 0.667. The van der Waals surface area contributed by atoms with Crippen molar-refractivity contribution in [2.24, 2.45) is 0 Å². The first-order valence-corrected chi connectivity index (χ1v) is 8.56. The lowest BCUT2D eigenvalue weighted by Crippen LogP contribution is -2.43. The lowest BCUT2D eigenvalue weighted by Gasteiger charge is -2.27. The Bertz CT molecular complexity index is 431. The number of methoxy groups -OCH3 is 1. The van der Waals surface area contributed by atoms with E-state index in [2.05, 4.69) is 29.3 Å². The molecular formula is C18H30N2O2. The molecule has 0 bridgehead atoms. The molecule has 0 spiro atoms. The summed E-state index contributed by atoms with van der Waals surface area (Å²) in [4.78, 5) is 2.55. The minimum absolute atomic E-state index is 0.737. The van der Waals surface area contributed by atoms with Crippen LogP contribution in [0.15, 0.2) is 18.2 Å². The number of piperazine rings is 1. The Balaban J connectivity index is 1.74. The van der Waals surface area contributed by atoms with Gasteiger partial charge in [-0.15, -0.1) is 0 Å². The number of hydrogen-bond acceptors (Lipinski definition) is 4. The molecule has 4 heteroatoms. The summed E-state index contributed by atoms with van der Waals surface area (Å²) in [5.41, 5.74) is 1.33. The van der Waals surface area contributed by atoms with Crippen molar-refractivity contribution >= 4 is 0 Å². The molecule has 0 saturated carbocycles. The molecule has 1 heterocycles. The minimum Gasteiger partial charge on any atom is -0.493 e. The van der Waals surface area contributed by atoms with Crippen LogP contribution in [0, 0.1) is 0 Å². The van der Waals surface area contributed by atoms with Crippen LogP contribution >= 0.6 is 0 Å². The van der Waals surface area contributed by atoms with Crippen molar-refractivity contribution < 1.29 is 9.47 Å². The third kappa shape index (κ3) is 5.50. The van der Waals surface area contributed by atoms with E-state index in [1.54, 1.807) is 7.11 Å². The molecule has 4 nitrogen and oxygen atoms in total. The number of benzene rings is 1. The Labute approximate surface area is 134 Å². The summed E-state index contributed by atoms with van der Waals surface area (Å²) in [6.45, 7) is 8.72. The number of nitrogens with zero attached hydrogens (tertiary/aromatic N) is 1. The van der Waals surface area contributed by atoms with Gasteiger partial charge < -0.3 is 19.7 Å². The fourth-order valence-corrected chi connectivity index (χ4v) is 2.80. The van der Waals surface area contributed by atoms with Crippen molar-refractivity contribution in [3.05, 3.63) is 23.8 Å². The predicted molar refractivity (Wildman–Crippen MR) is 91.0 cm³/mol. The second kappa shape index (κ2) is 9.70. The Morgan fingerprint density at radius 1 is 1.14 bits per heavy atom. The van der Waals surface area contributed by atoms with Gasteiger partial charge in [0.15, 0.2) is 11.5 Å². The summed E-state index contributed by atoms with van der Waals surface area (Å²) >= 11 is 0. The second-order valence-electron chi connectivity index (χ2n) is 5.88. The van der Waals surface area contributed by atoms with Gasteiger partial charge in [-0.05, 0) is 49.9 Å². The van der Waals surface area contributed by atoms with Gasteiger partial charge in [0.25, 0.3) is 0 Å². The highest BCUT2D eigenvalue weighted by Gasteiger charge is 2.09. The molecule has 0 unspecified atom stereocenters. The van der Waals surface area contributed by atoms with Crippen molar-refractivity contribution in [2.45, 2.75) is 32.6 Å². The van der Waals surface area contributed by atoms with Gasteiger partial charge in [0.05, 0.1) is 13.7 Å². The molecule has 1 aliphatic heterocycles. The van der Waals surface area contributed by atoms with Gasteiger partial charge in [0, 0.05) is 26.2 Å². The predicted octanol–water partition coefficient (Wildman–Crippen LogP) is 2.71. The summed E-state index contributed by atoms with van der Waals surface area (Å²) in [6, 6.07) is 6.33. The Morgan fingerprint density at radius 2 is 1.95 bits per heavy atom.